The van der Waals surface area contributed by atoms with Gasteiger partial charge in [0.15, 0.2) is 12.4 Å². The molecule has 2 aromatic carbocycles. The number of aromatic hydroxyl groups is 2. The van der Waals surface area contributed by atoms with Gasteiger partial charge in [0.05, 0.1) is 5.92 Å². The Morgan fingerprint density at radius 3 is 1.91 bits per heavy atom. The predicted octanol–water partition coefficient (Wildman–Crippen LogP) is 0.658. The summed E-state index contributed by atoms with van der Waals surface area (Å²) in [6, 6.07) is 10.2. The van der Waals surface area contributed by atoms with Gasteiger partial charge in [-0.3, -0.25) is 0 Å². The van der Waals surface area contributed by atoms with Crippen LogP contribution in [0.5, 0.6) is 11.5 Å². The van der Waals surface area contributed by atoms with Gasteiger partial charge in [0, 0.05) is 11.1 Å². The van der Waals surface area contributed by atoms with Gasteiger partial charge in [0.1, 0.15) is 11.5 Å². The van der Waals surface area contributed by atoms with Gasteiger partial charge in [0.2, 0.25) is 0 Å². The summed E-state index contributed by atoms with van der Waals surface area (Å²) in [6.07, 6.45) is -3.87. The van der Waals surface area contributed by atoms with Crippen molar-refractivity contribution < 1.29 is 35.4 Å². The quantitative estimate of drug-likeness (QED) is 0.351. The fourth-order valence-electron chi connectivity index (χ4n) is 2.38. The minimum atomic E-state index is -2.01. The van der Waals surface area contributed by atoms with Gasteiger partial charge in [-0.15, -0.1) is 0 Å². The Morgan fingerprint density at radius 1 is 0.870 bits per heavy atom. The average Bonchev–Trinajstić information content (AvgIpc) is 2.50. The zero-order valence-corrected chi connectivity index (χ0v) is 11.9. The molecule has 2 rings (SSSR count). The molecule has 0 fully saturated rings. The Balaban J connectivity index is 2.54. The average molecular weight is 320 g/mol. The SMILES string of the molecule is O=C(O)C(O)c1cc(O)c(C(c2ccccc2)C(O)O)cc1O. The third-order valence-electron chi connectivity index (χ3n) is 3.50. The van der Waals surface area contributed by atoms with Crippen LogP contribution in [0.4, 0.5) is 0 Å². The molecule has 0 bridgehead atoms. The van der Waals surface area contributed by atoms with E-state index in [1.54, 1.807) is 30.3 Å². The zero-order chi connectivity index (χ0) is 17.1. The molecule has 7 heteroatoms. The fraction of sp³-hybridized carbons (Fsp3) is 0.188. The summed E-state index contributed by atoms with van der Waals surface area (Å²) in [5.41, 5.74) is 0.0757. The van der Waals surface area contributed by atoms with Crippen LogP contribution in [0.3, 0.4) is 0 Å². The Morgan fingerprint density at radius 2 is 1.39 bits per heavy atom. The van der Waals surface area contributed by atoms with E-state index in [0.29, 0.717) is 5.56 Å². The van der Waals surface area contributed by atoms with Gasteiger partial charge >= 0.3 is 5.97 Å². The summed E-state index contributed by atoms with van der Waals surface area (Å²) in [4.78, 5) is 10.8. The van der Waals surface area contributed by atoms with Crippen LogP contribution >= 0.6 is 0 Å². The first kappa shape index (κ1) is 16.8. The van der Waals surface area contributed by atoms with Crippen LogP contribution in [0, 0.1) is 0 Å². The number of phenolic OH excluding ortho intramolecular Hbond substituents is 2. The molecule has 2 atom stereocenters. The van der Waals surface area contributed by atoms with Gasteiger partial charge in [0.25, 0.3) is 0 Å². The van der Waals surface area contributed by atoms with E-state index in [-0.39, 0.29) is 5.56 Å². The molecular formula is C16H16O7. The maximum absolute atomic E-state index is 10.8. The normalized spacial score (nSPS) is 13.7. The second kappa shape index (κ2) is 6.66. The van der Waals surface area contributed by atoms with Crippen molar-refractivity contribution in [2.75, 3.05) is 0 Å². The topological polar surface area (TPSA) is 138 Å². The van der Waals surface area contributed by atoms with Gasteiger partial charge in [-0.25, -0.2) is 4.79 Å². The lowest BCUT2D eigenvalue weighted by Crippen LogP contribution is -2.19. The smallest absolute Gasteiger partial charge is 0.337 e. The third kappa shape index (κ3) is 3.42. The summed E-state index contributed by atoms with van der Waals surface area (Å²) in [6.45, 7) is 0. The third-order valence-corrected chi connectivity index (χ3v) is 3.50. The van der Waals surface area contributed by atoms with Crippen LogP contribution in [0.2, 0.25) is 0 Å². The zero-order valence-electron chi connectivity index (χ0n) is 11.9. The van der Waals surface area contributed by atoms with E-state index < -0.39 is 41.3 Å². The number of benzene rings is 2. The molecule has 0 amide bonds. The van der Waals surface area contributed by atoms with Crippen LogP contribution in [-0.4, -0.2) is 42.9 Å². The minimum Gasteiger partial charge on any atom is -0.508 e. The van der Waals surface area contributed by atoms with E-state index in [2.05, 4.69) is 0 Å². The largest absolute Gasteiger partial charge is 0.508 e. The lowest BCUT2D eigenvalue weighted by Gasteiger charge is -2.22. The first-order valence-electron chi connectivity index (χ1n) is 6.70. The van der Waals surface area contributed by atoms with E-state index in [1.165, 1.54) is 0 Å². The number of aliphatic hydroxyl groups is 3. The van der Waals surface area contributed by atoms with E-state index >= 15 is 0 Å². The van der Waals surface area contributed by atoms with Crippen molar-refractivity contribution in [1.29, 1.82) is 0 Å². The van der Waals surface area contributed by atoms with Gasteiger partial charge in [-0.2, -0.15) is 0 Å². The molecule has 0 aliphatic carbocycles. The van der Waals surface area contributed by atoms with Crippen molar-refractivity contribution in [2.45, 2.75) is 18.3 Å². The molecule has 6 N–H and O–H groups in total. The van der Waals surface area contributed by atoms with Gasteiger partial charge in [-0.1, -0.05) is 30.3 Å². The van der Waals surface area contributed by atoms with E-state index in [0.717, 1.165) is 12.1 Å². The minimum absolute atomic E-state index is 0.00922. The summed E-state index contributed by atoms with van der Waals surface area (Å²) < 4.78 is 0. The van der Waals surface area contributed by atoms with Crippen molar-refractivity contribution >= 4 is 5.97 Å². The Bertz CT molecular complexity index is 697. The van der Waals surface area contributed by atoms with Crippen LogP contribution in [0.15, 0.2) is 42.5 Å². The maximum Gasteiger partial charge on any atom is 0.337 e. The number of carbonyl (C=O) groups is 1. The first-order chi connectivity index (χ1) is 10.8. The van der Waals surface area contributed by atoms with E-state index in [1.807, 2.05) is 0 Å². The molecule has 0 saturated carbocycles. The molecule has 2 aromatic rings. The van der Waals surface area contributed by atoms with Crippen molar-refractivity contribution in [1.82, 2.24) is 0 Å². The number of aliphatic carboxylic acids is 1. The van der Waals surface area contributed by atoms with E-state index in [4.69, 9.17) is 5.11 Å². The summed E-state index contributed by atoms with van der Waals surface area (Å²) in [5, 5.41) is 57.5. The Labute approximate surface area is 131 Å². The highest BCUT2D eigenvalue weighted by Crippen LogP contribution is 2.39. The fourth-order valence-corrected chi connectivity index (χ4v) is 2.38. The number of rotatable bonds is 5. The molecule has 0 aliphatic heterocycles. The molecular weight excluding hydrogens is 304 g/mol. The van der Waals surface area contributed by atoms with Crippen LogP contribution in [0.1, 0.15) is 28.7 Å². The predicted molar refractivity (Wildman–Crippen MR) is 78.9 cm³/mol. The van der Waals surface area contributed by atoms with Gasteiger partial charge in [-0.05, 0) is 17.7 Å². The highest BCUT2D eigenvalue weighted by molar-refractivity contribution is 5.75. The number of hydrogen-bond acceptors (Lipinski definition) is 6. The Hall–Kier alpha value is -2.61. The van der Waals surface area contributed by atoms with Gasteiger partial charge < -0.3 is 30.6 Å². The molecule has 2 unspecified atom stereocenters. The van der Waals surface area contributed by atoms with Crippen molar-refractivity contribution in [3.05, 3.63) is 59.2 Å². The lowest BCUT2D eigenvalue weighted by molar-refractivity contribution is -0.147. The monoisotopic (exact) mass is 320 g/mol. The standard InChI is InChI=1S/C16H16O7/c17-11-7-10(14(19)16(22)23)12(18)6-9(11)13(15(20)21)8-4-2-1-3-5-8/h1-7,13-15,17-21H,(H,22,23). The molecule has 122 valence electrons. The van der Waals surface area contributed by atoms with Crippen molar-refractivity contribution in [3.63, 3.8) is 0 Å². The summed E-state index contributed by atoms with van der Waals surface area (Å²) in [7, 11) is 0. The molecule has 7 nitrogen and oxygen atoms in total. The van der Waals surface area contributed by atoms with Crippen LogP contribution < -0.4 is 0 Å². The second-order valence-corrected chi connectivity index (χ2v) is 5.01. The molecule has 0 heterocycles. The van der Waals surface area contributed by atoms with Crippen molar-refractivity contribution in [3.8, 4) is 11.5 Å². The number of phenols is 2. The molecule has 0 aromatic heterocycles. The van der Waals surface area contributed by atoms with Crippen molar-refractivity contribution in [2.24, 2.45) is 0 Å². The highest BCUT2D eigenvalue weighted by atomic mass is 16.5. The van der Waals surface area contributed by atoms with Crippen LogP contribution in [0.25, 0.3) is 0 Å². The number of carboxylic acid groups (broad SMARTS) is 1. The number of hydrogen-bond donors (Lipinski definition) is 6. The van der Waals surface area contributed by atoms with E-state index in [9.17, 15) is 30.3 Å². The number of aliphatic hydroxyl groups excluding tert-OH is 2. The number of carboxylic acids is 1. The molecule has 0 aliphatic rings. The highest BCUT2D eigenvalue weighted by Gasteiger charge is 2.28. The molecule has 0 radical (unpaired) electrons. The molecule has 23 heavy (non-hydrogen) atoms. The lowest BCUT2D eigenvalue weighted by atomic mass is 9.88. The summed E-state index contributed by atoms with van der Waals surface area (Å²) >= 11 is 0. The van der Waals surface area contributed by atoms with Crippen LogP contribution in [-0.2, 0) is 4.79 Å². The second-order valence-electron chi connectivity index (χ2n) is 5.01. The maximum atomic E-state index is 10.8. The molecule has 0 saturated heterocycles. The molecule has 0 spiro atoms. The first-order valence-corrected chi connectivity index (χ1v) is 6.70. The Kier molecular flexibility index (Phi) is 4.85. The summed E-state index contributed by atoms with van der Waals surface area (Å²) in [5.74, 6) is -3.69.